The molecule has 0 saturated carbocycles. The molecule has 0 aliphatic heterocycles. The van der Waals surface area contributed by atoms with Gasteiger partial charge in [0.15, 0.2) is 0 Å². The van der Waals surface area contributed by atoms with Crippen molar-refractivity contribution in [1.29, 1.82) is 0 Å². The minimum atomic E-state index is -0.669. The maximum Gasteiger partial charge on any atom is 0.345 e. The molecule has 3 aromatic carbocycles. The van der Waals surface area contributed by atoms with E-state index in [1.165, 1.54) is 30.5 Å². The summed E-state index contributed by atoms with van der Waals surface area (Å²) in [7, 11) is 0. The van der Waals surface area contributed by atoms with E-state index in [1.807, 2.05) is 19.1 Å². The van der Waals surface area contributed by atoms with Crippen LogP contribution in [0.1, 0.15) is 31.8 Å². The molecule has 0 heterocycles. The Bertz CT molecular complexity index is 1130. The number of nitrogens with one attached hydrogen (secondary N) is 1. The van der Waals surface area contributed by atoms with E-state index in [4.69, 9.17) is 39.5 Å². The number of nitrogens with zero attached hydrogens (tertiary/aromatic N) is 1. The first-order chi connectivity index (χ1) is 14.3. The van der Waals surface area contributed by atoms with Crippen LogP contribution in [0.5, 0.6) is 5.75 Å². The summed E-state index contributed by atoms with van der Waals surface area (Å²) in [6.07, 6.45) is 1.34. The quantitative estimate of drug-likeness (QED) is 0.221. The van der Waals surface area contributed by atoms with Crippen LogP contribution in [-0.2, 0) is 0 Å². The van der Waals surface area contributed by atoms with Gasteiger partial charge in [0.2, 0.25) is 0 Å². The second-order valence-electron chi connectivity index (χ2n) is 6.26. The van der Waals surface area contributed by atoms with E-state index in [-0.39, 0.29) is 22.2 Å². The fraction of sp³-hybridized carbons (Fsp3) is 0.0455. The second kappa shape index (κ2) is 9.76. The number of rotatable bonds is 5. The summed E-state index contributed by atoms with van der Waals surface area (Å²) in [5.74, 6) is -0.846. The van der Waals surface area contributed by atoms with Crippen molar-refractivity contribution in [1.82, 2.24) is 5.43 Å². The number of carbonyl (C=O) groups excluding carboxylic acids is 2. The first-order valence-electron chi connectivity index (χ1n) is 8.70. The van der Waals surface area contributed by atoms with E-state index in [0.29, 0.717) is 21.2 Å². The third-order valence-corrected chi connectivity index (χ3v) is 4.79. The maximum atomic E-state index is 12.5. The van der Waals surface area contributed by atoms with Crippen molar-refractivity contribution >= 4 is 52.9 Å². The third-order valence-electron chi connectivity index (χ3n) is 4.01. The van der Waals surface area contributed by atoms with E-state index in [0.717, 1.165) is 5.56 Å². The molecule has 0 radical (unpaired) electrons. The molecule has 1 amide bonds. The van der Waals surface area contributed by atoms with Crippen LogP contribution in [0.15, 0.2) is 65.8 Å². The average Bonchev–Trinajstić information content (AvgIpc) is 2.70. The Labute approximate surface area is 188 Å². The number of benzene rings is 3. The van der Waals surface area contributed by atoms with Crippen LogP contribution in [0.3, 0.4) is 0 Å². The largest absolute Gasteiger partial charge is 0.422 e. The normalized spacial score (nSPS) is 10.8. The zero-order chi connectivity index (χ0) is 21.7. The van der Waals surface area contributed by atoms with E-state index < -0.39 is 5.97 Å². The van der Waals surface area contributed by atoms with E-state index in [9.17, 15) is 9.59 Å². The number of esters is 1. The summed E-state index contributed by atoms with van der Waals surface area (Å²) in [4.78, 5) is 24.6. The number of hydrogen-bond acceptors (Lipinski definition) is 4. The fourth-order valence-electron chi connectivity index (χ4n) is 2.45. The monoisotopic (exact) mass is 460 g/mol. The van der Waals surface area contributed by atoms with Crippen molar-refractivity contribution in [3.63, 3.8) is 0 Å². The Balaban J connectivity index is 1.76. The Morgan fingerprint density at radius 1 is 0.933 bits per heavy atom. The van der Waals surface area contributed by atoms with Crippen LogP contribution >= 0.6 is 34.8 Å². The number of ether oxygens (including phenoxy) is 1. The van der Waals surface area contributed by atoms with Crippen molar-refractivity contribution in [2.75, 3.05) is 0 Å². The molecule has 3 aromatic rings. The highest BCUT2D eigenvalue weighted by atomic mass is 35.5. The van der Waals surface area contributed by atoms with Gasteiger partial charge in [-0.05, 0) is 55.5 Å². The van der Waals surface area contributed by atoms with Gasteiger partial charge in [-0.1, -0.05) is 52.5 Å². The second-order valence-corrected chi connectivity index (χ2v) is 7.54. The predicted octanol–water partition coefficient (Wildman–Crippen LogP) is 5.94. The molecule has 1 N–H and O–H groups in total. The minimum Gasteiger partial charge on any atom is -0.422 e. The lowest BCUT2D eigenvalue weighted by atomic mass is 10.1. The number of carbonyl (C=O) groups is 2. The van der Waals surface area contributed by atoms with Crippen LogP contribution in [0.4, 0.5) is 0 Å². The highest BCUT2D eigenvalue weighted by Gasteiger charge is 2.15. The third kappa shape index (κ3) is 5.60. The number of amides is 1. The molecule has 0 aliphatic carbocycles. The first-order valence-corrected chi connectivity index (χ1v) is 9.84. The van der Waals surface area contributed by atoms with Gasteiger partial charge in [0, 0.05) is 21.2 Å². The Kier molecular flexibility index (Phi) is 7.11. The Morgan fingerprint density at radius 2 is 1.60 bits per heavy atom. The van der Waals surface area contributed by atoms with Gasteiger partial charge in [-0.15, -0.1) is 0 Å². The van der Waals surface area contributed by atoms with Gasteiger partial charge >= 0.3 is 5.97 Å². The molecular formula is C22H15Cl3N2O3. The van der Waals surface area contributed by atoms with Crippen molar-refractivity contribution in [3.8, 4) is 5.75 Å². The molecule has 3 rings (SSSR count). The van der Waals surface area contributed by atoms with Crippen LogP contribution in [-0.4, -0.2) is 18.1 Å². The van der Waals surface area contributed by atoms with Gasteiger partial charge in [0.1, 0.15) is 5.75 Å². The Morgan fingerprint density at radius 3 is 2.30 bits per heavy atom. The number of hydrazone groups is 1. The van der Waals surface area contributed by atoms with E-state index >= 15 is 0 Å². The SMILES string of the molecule is Cc1ccc(C(=O)N/N=C/c2cc(Cl)ccc2OC(=O)c2ccc(Cl)cc2Cl)cc1. The van der Waals surface area contributed by atoms with Gasteiger partial charge in [0.05, 0.1) is 16.8 Å². The lowest BCUT2D eigenvalue weighted by Gasteiger charge is -2.09. The highest BCUT2D eigenvalue weighted by molar-refractivity contribution is 6.36. The van der Waals surface area contributed by atoms with Gasteiger partial charge in [0.25, 0.3) is 5.91 Å². The summed E-state index contributed by atoms with van der Waals surface area (Å²) in [5, 5.41) is 4.91. The van der Waals surface area contributed by atoms with Crippen molar-refractivity contribution in [2.24, 2.45) is 5.10 Å². The highest BCUT2D eigenvalue weighted by Crippen LogP contribution is 2.25. The number of hydrogen-bond donors (Lipinski definition) is 1. The van der Waals surface area contributed by atoms with Gasteiger partial charge in [-0.2, -0.15) is 5.10 Å². The molecule has 0 bridgehead atoms. The smallest absolute Gasteiger partial charge is 0.345 e. The van der Waals surface area contributed by atoms with E-state index in [2.05, 4.69) is 10.5 Å². The summed E-state index contributed by atoms with van der Waals surface area (Å²) < 4.78 is 5.43. The van der Waals surface area contributed by atoms with Crippen molar-refractivity contribution in [2.45, 2.75) is 6.92 Å². The molecule has 0 aromatic heterocycles. The number of aryl methyl sites for hydroxylation is 1. The topological polar surface area (TPSA) is 67.8 Å². The molecule has 0 aliphatic rings. The lowest BCUT2D eigenvalue weighted by molar-refractivity contribution is 0.0734. The zero-order valence-electron chi connectivity index (χ0n) is 15.7. The van der Waals surface area contributed by atoms with Crippen LogP contribution < -0.4 is 10.2 Å². The average molecular weight is 462 g/mol. The molecule has 0 fully saturated rings. The molecule has 30 heavy (non-hydrogen) atoms. The summed E-state index contributed by atoms with van der Waals surface area (Å²) in [6.45, 7) is 1.93. The summed E-state index contributed by atoms with van der Waals surface area (Å²) >= 11 is 18.0. The standard InChI is InChI=1S/C22H15Cl3N2O3/c1-13-2-4-14(5-3-13)21(28)27-26-12-15-10-16(23)7-9-20(15)30-22(29)18-8-6-17(24)11-19(18)25/h2-12H,1H3,(H,27,28)/b26-12+. The first kappa shape index (κ1) is 21.8. The number of halogens is 3. The van der Waals surface area contributed by atoms with Crippen molar-refractivity contribution in [3.05, 3.63) is 98.0 Å². The molecule has 5 nitrogen and oxygen atoms in total. The van der Waals surface area contributed by atoms with Crippen molar-refractivity contribution < 1.29 is 14.3 Å². The molecular weight excluding hydrogens is 447 g/mol. The molecule has 8 heteroatoms. The van der Waals surface area contributed by atoms with Gasteiger partial charge in [-0.25, -0.2) is 10.2 Å². The summed E-state index contributed by atoms with van der Waals surface area (Å²) in [6, 6.07) is 16.1. The van der Waals surface area contributed by atoms with Crippen LogP contribution in [0, 0.1) is 6.92 Å². The molecule has 0 spiro atoms. The van der Waals surface area contributed by atoms with Gasteiger partial charge in [-0.3, -0.25) is 4.79 Å². The fourth-order valence-corrected chi connectivity index (χ4v) is 3.12. The zero-order valence-corrected chi connectivity index (χ0v) is 17.9. The molecule has 0 saturated heterocycles. The summed E-state index contributed by atoms with van der Waals surface area (Å²) in [5.41, 5.74) is 4.49. The Hall–Kier alpha value is -2.86. The predicted molar refractivity (Wildman–Crippen MR) is 119 cm³/mol. The molecule has 0 atom stereocenters. The minimum absolute atomic E-state index is 0.159. The van der Waals surface area contributed by atoms with Gasteiger partial charge < -0.3 is 4.74 Å². The van der Waals surface area contributed by atoms with Crippen LogP contribution in [0.25, 0.3) is 0 Å². The van der Waals surface area contributed by atoms with Crippen LogP contribution in [0.2, 0.25) is 15.1 Å². The molecule has 0 unspecified atom stereocenters. The molecule has 152 valence electrons. The lowest BCUT2D eigenvalue weighted by Crippen LogP contribution is -2.17. The maximum absolute atomic E-state index is 12.5. The van der Waals surface area contributed by atoms with E-state index in [1.54, 1.807) is 24.3 Å².